The molecule has 0 aliphatic rings. The fourth-order valence-electron chi connectivity index (χ4n) is 1.99. The summed E-state index contributed by atoms with van der Waals surface area (Å²) in [5.41, 5.74) is 6.88. The highest BCUT2D eigenvalue weighted by Crippen LogP contribution is 2.15. The molecular formula is C14H25N5O. The lowest BCUT2D eigenvalue weighted by atomic mass is 10.2. The lowest BCUT2D eigenvalue weighted by molar-refractivity contribution is 0.318. The highest BCUT2D eigenvalue weighted by atomic mass is 16.4. The molecule has 0 aliphatic heterocycles. The average Bonchev–Trinajstić information content (AvgIpc) is 2.41. The zero-order valence-electron chi connectivity index (χ0n) is 12.8. The Kier molecular flexibility index (Phi) is 6.21. The normalized spacial score (nSPS) is 11.9. The molecule has 0 saturated heterocycles. The molecule has 6 nitrogen and oxygen atoms in total. The summed E-state index contributed by atoms with van der Waals surface area (Å²) >= 11 is 0. The van der Waals surface area contributed by atoms with Crippen molar-refractivity contribution < 1.29 is 5.21 Å². The summed E-state index contributed by atoms with van der Waals surface area (Å²) in [7, 11) is 0. The van der Waals surface area contributed by atoms with Crippen LogP contribution in [-0.4, -0.2) is 33.6 Å². The third kappa shape index (κ3) is 4.36. The molecule has 1 aromatic rings. The van der Waals surface area contributed by atoms with Gasteiger partial charge in [0.15, 0.2) is 5.84 Å². The minimum absolute atomic E-state index is 0.00835. The Labute approximate surface area is 120 Å². The van der Waals surface area contributed by atoms with Crippen LogP contribution in [0.25, 0.3) is 0 Å². The molecule has 0 bridgehead atoms. The number of aryl methyl sites for hydroxylation is 1. The van der Waals surface area contributed by atoms with Gasteiger partial charge in [0, 0.05) is 18.3 Å². The number of unbranched alkanes of at least 4 members (excludes halogenated alkanes) is 2. The van der Waals surface area contributed by atoms with E-state index in [1.165, 1.54) is 12.8 Å². The summed E-state index contributed by atoms with van der Waals surface area (Å²) in [4.78, 5) is 11.0. The molecule has 1 rings (SSSR count). The number of amidine groups is 1. The molecule has 1 heterocycles. The van der Waals surface area contributed by atoms with E-state index in [0.717, 1.165) is 18.7 Å². The van der Waals surface area contributed by atoms with Crippen LogP contribution in [0.15, 0.2) is 11.2 Å². The molecular weight excluding hydrogens is 254 g/mol. The number of oxime groups is 1. The van der Waals surface area contributed by atoms with Crippen LogP contribution in [0.4, 0.5) is 5.95 Å². The van der Waals surface area contributed by atoms with Crippen molar-refractivity contribution in [3.63, 3.8) is 0 Å². The number of aromatic nitrogens is 2. The van der Waals surface area contributed by atoms with Gasteiger partial charge in [-0.25, -0.2) is 9.97 Å². The number of hydrogen-bond acceptors (Lipinski definition) is 5. The fourth-order valence-corrected chi connectivity index (χ4v) is 1.99. The summed E-state index contributed by atoms with van der Waals surface area (Å²) in [6.45, 7) is 9.19. The second-order valence-electron chi connectivity index (χ2n) is 5.17. The van der Waals surface area contributed by atoms with Crippen LogP contribution in [0.1, 0.15) is 51.4 Å². The first-order valence-electron chi connectivity index (χ1n) is 7.09. The summed E-state index contributed by atoms with van der Waals surface area (Å²) in [6, 6.07) is 2.01. The van der Waals surface area contributed by atoms with Gasteiger partial charge in [0.05, 0.1) is 0 Å². The lowest BCUT2D eigenvalue weighted by Crippen LogP contribution is -2.34. The zero-order chi connectivity index (χ0) is 15.1. The van der Waals surface area contributed by atoms with E-state index in [9.17, 15) is 0 Å². The summed E-state index contributed by atoms with van der Waals surface area (Å²) in [6.07, 6.45) is 3.46. The highest BCUT2D eigenvalue weighted by molar-refractivity contribution is 5.95. The average molecular weight is 279 g/mol. The summed E-state index contributed by atoms with van der Waals surface area (Å²) in [5.74, 6) is 0.645. The van der Waals surface area contributed by atoms with Crippen molar-refractivity contribution in [1.82, 2.24) is 9.97 Å². The Balaban J connectivity index is 3.03. The van der Waals surface area contributed by atoms with E-state index in [4.69, 9.17) is 10.9 Å². The molecule has 0 atom stereocenters. The maximum absolute atomic E-state index is 8.78. The number of hydrogen-bond donors (Lipinski definition) is 2. The topological polar surface area (TPSA) is 87.6 Å². The van der Waals surface area contributed by atoms with Gasteiger partial charge in [0.1, 0.15) is 5.69 Å². The minimum atomic E-state index is 0.00835. The first-order valence-corrected chi connectivity index (χ1v) is 7.09. The van der Waals surface area contributed by atoms with Crippen molar-refractivity contribution in [3.8, 4) is 0 Å². The van der Waals surface area contributed by atoms with Crippen molar-refractivity contribution in [3.05, 3.63) is 17.5 Å². The molecule has 3 N–H and O–H groups in total. The van der Waals surface area contributed by atoms with E-state index in [-0.39, 0.29) is 5.84 Å². The van der Waals surface area contributed by atoms with Gasteiger partial charge in [0.2, 0.25) is 5.95 Å². The van der Waals surface area contributed by atoms with Crippen LogP contribution in [-0.2, 0) is 0 Å². The molecule has 0 aliphatic carbocycles. The van der Waals surface area contributed by atoms with Gasteiger partial charge < -0.3 is 15.8 Å². The summed E-state index contributed by atoms with van der Waals surface area (Å²) < 4.78 is 0. The molecule has 1 aromatic heterocycles. The molecule has 20 heavy (non-hydrogen) atoms. The van der Waals surface area contributed by atoms with E-state index in [0.29, 0.717) is 17.7 Å². The Morgan fingerprint density at radius 1 is 1.40 bits per heavy atom. The Morgan fingerprint density at radius 2 is 2.10 bits per heavy atom. The monoisotopic (exact) mass is 279 g/mol. The van der Waals surface area contributed by atoms with Crippen LogP contribution in [0.2, 0.25) is 0 Å². The van der Waals surface area contributed by atoms with Gasteiger partial charge in [-0.05, 0) is 33.3 Å². The van der Waals surface area contributed by atoms with E-state index >= 15 is 0 Å². The predicted octanol–water partition coefficient (Wildman–Crippen LogP) is 2.28. The largest absolute Gasteiger partial charge is 0.409 e. The van der Waals surface area contributed by atoms with Gasteiger partial charge in [-0.3, -0.25) is 0 Å². The molecule has 0 unspecified atom stereocenters. The van der Waals surface area contributed by atoms with E-state index in [2.05, 4.69) is 40.8 Å². The standard InChI is InChI=1S/C14H25N5O/c1-5-6-7-8-19(10(2)3)14-16-11(4)9-12(17-14)13(15)18-20/h9-10,20H,5-8H2,1-4H3,(H2,15,18). The molecule has 112 valence electrons. The quantitative estimate of drug-likeness (QED) is 0.263. The number of nitrogens with two attached hydrogens (primary N) is 1. The first-order chi connectivity index (χ1) is 9.49. The van der Waals surface area contributed by atoms with E-state index in [1.54, 1.807) is 6.07 Å². The van der Waals surface area contributed by atoms with Crippen LogP contribution in [0, 0.1) is 6.92 Å². The third-order valence-corrected chi connectivity index (χ3v) is 3.10. The Bertz CT molecular complexity index is 459. The molecule has 0 saturated carbocycles. The molecule has 0 spiro atoms. The molecule has 0 aromatic carbocycles. The maximum atomic E-state index is 8.78. The second-order valence-corrected chi connectivity index (χ2v) is 5.17. The number of anilines is 1. The van der Waals surface area contributed by atoms with Crippen molar-refractivity contribution in [2.24, 2.45) is 10.9 Å². The van der Waals surface area contributed by atoms with Crippen LogP contribution in [0.5, 0.6) is 0 Å². The highest BCUT2D eigenvalue weighted by Gasteiger charge is 2.15. The zero-order valence-corrected chi connectivity index (χ0v) is 12.8. The summed E-state index contributed by atoms with van der Waals surface area (Å²) in [5, 5.41) is 11.8. The SMILES string of the molecule is CCCCCN(c1nc(C)cc(/C(N)=N/O)n1)C(C)C. The Hall–Kier alpha value is -1.85. The van der Waals surface area contributed by atoms with E-state index in [1.807, 2.05) is 6.92 Å². The lowest BCUT2D eigenvalue weighted by Gasteiger charge is -2.27. The van der Waals surface area contributed by atoms with Crippen LogP contribution in [0.3, 0.4) is 0 Å². The number of rotatable bonds is 7. The molecule has 0 fully saturated rings. The smallest absolute Gasteiger partial charge is 0.226 e. The molecule has 6 heteroatoms. The van der Waals surface area contributed by atoms with Crippen molar-refractivity contribution in [2.45, 2.75) is 53.0 Å². The van der Waals surface area contributed by atoms with Crippen molar-refractivity contribution in [2.75, 3.05) is 11.4 Å². The second kappa shape index (κ2) is 7.67. The third-order valence-electron chi connectivity index (χ3n) is 3.10. The van der Waals surface area contributed by atoms with Gasteiger partial charge in [-0.2, -0.15) is 0 Å². The van der Waals surface area contributed by atoms with Crippen LogP contribution >= 0.6 is 0 Å². The van der Waals surface area contributed by atoms with Crippen molar-refractivity contribution in [1.29, 1.82) is 0 Å². The molecule has 0 amide bonds. The number of nitrogens with zero attached hydrogens (tertiary/aromatic N) is 4. The van der Waals surface area contributed by atoms with Gasteiger partial charge in [-0.1, -0.05) is 24.9 Å². The maximum Gasteiger partial charge on any atom is 0.226 e. The van der Waals surface area contributed by atoms with Crippen molar-refractivity contribution >= 4 is 11.8 Å². The fraction of sp³-hybridized carbons (Fsp3) is 0.643. The Morgan fingerprint density at radius 3 is 2.65 bits per heavy atom. The van der Waals surface area contributed by atoms with Crippen LogP contribution < -0.4 is 10.6 Å². The van der Waals surface area contributed by atoms with E-state index < -0.39 is 0 Å². The molecule has 0 radical (unpaired) electrons. The predicted molar refractivity (Wildman–Crippen MR) is 81.3 cm³/mol. The minimum Gasteiger partial charge on any atom is -0.409 e. The first kappa shape index (κ1) is 16.2. The van der Waals surface area contributed by atoms with Gasteiger partial charge in [0.25, 0.3) is 0 Å². The van der Waals surface area contributed by atoms with Gasteiger partial charge in [-0.15, -0.1) is 0 Å². The van der Waals surface area contributed by atoms with Gasteiger partial charge >= 0.3 is 0 Å².